The van der Waals surface area contributed by atoms with E-state index < -0.39 is 0 Å². The van der Waals surface area contributed by atoms with Gasteiger partial charge in [0, 0.05) is 26.1 Å². The van der Waals surface area contributed by atoms with Crippen molar-refractivity contribution in [3.05, 3.63) is 5.82 Å². The number of rotatable bonds is 2. The molecule has 2 amide bonds. The first-order valence-corrected chi connectivity index (χ1v) is 4.95. The number of carbonyl (C=O) groups is 2. The van der Waals surface area contributed by atoms with Crippen molar-refractivity contribution in [3.63, 3.8) is 0 Å². The third-order valence-electron chi connectivity index (χ3n) is 2.51. The van der Waals surface area contributed by atoms with Crippen LogP contribution in [-0.4, -0.2) is 57.0 Å². The Hall–Kier alpha value is -1.99. The van der Waals surface area contributed by atoms with Crippen LogP contribution in [0.25, 0.3) is 0 Å². The summed E-state index contributed by atoms with van der Waals surface area (Å²) in [5.74, 6) is -0.258. The fourth-order valence-corrected chi connectivity index (χ4v) is 1.64. The molecule has 2 rings (SSSR count). The molecule has 16 heavy (non-hydrogen) atoms. The Labute approximate surface area is 91.4 Å². The second kappa shape index (κ2) is 4.25. The Bertz CT molecular complexity index is 389. The van der Waals surface area contributed by atoms with Gasteiger partial charge in [0.05, 0.1) is 0 Å². The summed E-state index contributed by atoms with van der Waals surface area (Å²) in [6, 6.07) is -0.0475. The number of hydrogen-bond donors (Lipinski definition) is 2. The van der Waals surface area contributed by atoms with Crippen molar-refractivity contribution in [1.82, 2.24) is 30.8 Å². The molecule has 8 heteroatoms. The molecule has 1 aliphatic heterocycles. The molecule has 2 heterocycles. The number of amides is 2. The number of hydrogen-bond acceptors (Lipinski definition) is 5. The lowest BCUT2D eigenvalue weighted by Gasteiger charge is -2.29. The molecule has 1 aliphatic rings. The first-order valence-electron chi connectivity index (χ1n) is 4.95. The quantitative estimate of drug-likeness (QED) is 0.639. The van der Waals surface area contributed by atoms with E-state index >= 15 is 0 Å². The molecule has 1 fully saturated rings. The van der Waals surface area contributed by atoms with Crippen LogP contribution in [-0.2, 0) is 4.79 Å². The fourth-order valence-electron chi connectivity index (χ4n) is 1.64. The van der Waals surface area contributed by atoms with Crippen molar-refractivity contribution in [2.75, 3.05) is 13.6 Å². The smallest absolute Gasteiger partial charge is 0.293 e. The maximum Gasteiger partial charge on any atom is 0.293 e. The SMILES string of the molecule is CN1CC(NC(=O)c2nn[nH]n2)CCC1=O. The van der Waals surface area contributed by atoms with Gasteiger partial charge >= 0.3 is 0 Å². The lowest BCUT2D eigenvalue weighted by atomic mass is 10.1. The van der Waals surface area contributed by atoms with Crippen molar-refractivity contribution in [2.24, 2.45) is 0 Å². The van der Waals surface area contributed by atoms with Gasteiger partial charge in [-0.25, -0.2) is 0 Å². The Morgan fingerprint density at radius 3 is 3.06 bits per heavy atom. The van der Waals surface area contributed by atoms with Gasteiger partial charge in [-0.05, 0) is 11.6 Å². The summed E-state index contributed by atoms with van der Waals surface area (Å²) in [5.41, 5.74) is 0. The molecule has 1 unspecified atom stereocenters. The Morgan fingerprint density at radius 2 is 2.44 bits per heavy atom. The molecule has 0 aliphatic carbocycles. The number of aromatic nitrogens is 4. The van der Waals surface area contributed by atoms with Gasteiger partial charge in [-0.15, -0.1) is 10.2 Å². The van der Waals surface area contributed by atoms with Crippen LogP contribution in [0.15, 0.2) is 0 Å². The minimum atomic E-state index is -0.374. The second-order valence-corrected chi connectivity index (χ2v) is 3.72. The number of aromatic amines is 1. The molecule has 0 spiro atoms. The first-order chi connectivity index (χ1) is 7.66. The molecule has 0 radical (unpaired) electrons. The molecule has 1 saturated heterocycles. The van der Waals surface area contributed by atoms with E-state index in [-0.39, 0.29) is 23.7 Å². The maximum absolute atomic E-state index is 11.6. The van der Waals surface area contributed by atoms with E-state index in [2.05, 4.69) is 25.9 Å². The average molecular weight is 224 g/mol. The van der Waals surface area contributed by atoms with Gasteiger partial charge in [-0.3, -0.25) is 9.59 Å². The van der Waals surface area contributed by atoms with Gasteiger partial charge < -0.3 is 10.2 Å². The van der Waals surface area contributed by atoms with E-state index in [9.17, 15) is 9.59 Å². The van der Waals surface area contributed by atoms with Gasteiger partial charge in [0.1, 0.15) is 0 Å². The molecule has 0 saturated carbocycles. The molecule has 86 valence electrons. The van der Waals surface area contributed by atoms with E-state index in [1.807, 2.05) is 0 Å². The van der Waals surface area contributed by atoms with Crippen LogP contribution >= 0.6 is 0 Å². The number of carbonyl (C=O) groups excluding carboxylic acids is 2. The normalized spacial score (nSPS) is 20.9. The van der Waals surface area contributed by atoms with Gasteiger partial charge in [0.15, 0.2) is 0 Å². The highest BCUT2D eigenvalue weighted by Crippen LogP contribution is 2.09. The summed E-state index contributed by atoms with van der Waals surface area (Å²) in [5, 5.41) is 15.4. The third kappa shape index (κ3) is 2.15. The molecular weight excluding hydrogens is 212 g/mol. The molecule has 1 aromatic rings. The summed E-state index contributed by atoms with van der Waals surface area (Å²) in [7, 11) is 1.72. The lowest BCUT2D eigenvalue weighted by molar-refractivity contribution is -0.132. The largest absolute Gasteiger partial charge is 0.345 e. The predicted molar refractivity (Wildman–Crippen MR) is 52.3 cm³/mol. The minimum absolute atomic E-state index is 0.0135. The van der Waals surface area contributed by atoms with Gasteiger partial charge in [0.2, 0.25) is 5.91 Å². The number of nitrogens with one attached hydrogen (secondary N) is 2. The topological polar surface area (TPSA) is 104 Å². The standard InChI is InChI=1S/C8H12N6O2/c1-14-4-5(2-3-6(14)15)9-8(16)7-10-12-13-11-7/h5H,2-4H2,1H3,(H,9,16)(H,10,11,12,13). The monoisotopic (exact) mass is 224 g/mol. The van der Waals surface area contributed by atoms with E-state index in [1.54, 1.807) is 11.9 Å². The molecule has 0 bridgehead atoms. The van der Waals surface area contributed by atoms with Crippen molar-refractivity contribution in [3.8, 4) is 0 Å². The number of piperidine rings is 1. The molecule has 2 N–H and O–H groups in total. The van der Waals surface area contributed by atoms with Crippen LogP contribution in [0.3, 0.4) is 0 Å². The van der Waals surface area contributed by atoms with Crippen LogP contribution in [0.4, 0.5) is 0 Å². The van der Waals surface area contributed by atoms with Gasteiger partial charge in [-0.2, -0.15) is 5.21 Å². The summed E-state index contributed by atoms with van der Waals surface area (Å²) < 4.78 is 0. The van der Waals surface area contributed by atoms with Crippen LogP contribution in [0.5, 0.6) is 0 Å². The van der Waals surface area contributed by atoms with Crippen molar-refractivity contribution >= 4 is 11.8 Å². The van der Waals surface area contributed by atoms with Crippen molar-refractivity contribution in [1.29, 1.82) is 0 Å². The molecule has 8 nitrogen and oxygen atoms in total. The van der Waals surface area contributed by atoms with Crippen LogP contribution in [0.2, 0.25) is 0 Å². The van der Waals surface area contributed by atoms with Crippen LogP contribution < -0.4 is 5.32 Å². The number of H-pyrrole nitrogens is 1. The highest BCUT2D eigenvalue weighted by Gasteiger charge is 2.25. The first kappa shape index (κ1) is 10.5. The zero-order valence-corrected chi connectivity index (χ0v) is 8.80. The van der Waals surface area contributed by atoms with E-state index in [4.69, 9.17) is 0 Å². The summed E-state index contributed by atoms with van der Waals surface area (Å²) in [6.45, 7) is 0.516. The second-order valence-electron chi connectivity index (χ2n) is 3.72. The Morgan fingerprint density at radius 1 is 1.62 bits per heavy atom. The Balaban J connectivity index is 1.91. The number of likely N-dealkylation sites (N-methyl/N-ethyl adjacent to an activating group) is 1. The number of likely N-dealkylation sites (tertiary alicyclic amines) is 1. The summed E-state index contributed by atoms with van der Waals surface area (Å²) in [4.78, 5) is 24.4. The molecular formula is C8H12N6O2. The highest BCUT2D eigenvalue weighted by molar-refractivity contribution is 5.90. The molecule has 1 atom stereocenters. The van der Waals surface area contributed by atoms with Crippen LogP contribution in [0.1, 0.15) is 23.5 Å². The maximum atomic E-state index is 11.6. The minimum Gasteiger partial charge on any atom is -0.345 e. The van der Waals surface area contributed by atoms with Crippen molar-refractivity contribution < 1.29 is 9.59 Å². The van der Waals surface area contributed by atoms with E-state index in [0.29, 0.717) is 19.4 Å². The Kier molecular flexibility index (Phi) is 2.80. The number of nitrogens with zero attached hydrogens (tertiary/aromatic N) is 4. The predicted octanol–water partition coefficient (Wildman–Crippen LogP) is -1.45. The third-order valence-corrected chi connectivity index (χ3v) is 2.51. The summed E-state index contributed by atoms with van der Waals surface area (Å²) in [6.07, 6.45) is 1.10. The highest BCUT2D eigenvalue weighted by atomic mass is 16.2. The fraction of sp³-hybridized carbons (Fsp3) is 0.625. The van der Waals surface area contributed by atoms with Gasteiger partial charge in [-0.1, -0.05) is 0 Å². The van der Waals surface area contributed by atoms with Crippen LogP contribution in [0, 0.1) is 0 Å². The molecule has 1 aromatic heterocycles. The average Bonchev–Trinajstić information content (AvgIpc) is 2.77. The zero-order valence-electron chi connectivity index (χ0n) is 8.80. The van der Waals surface area contributed by atoms with Crippen molar-refractivity contribution in [2.45, 2.75) is 18.9 Å². The zero-order chi connectivity index (χ0) is 11.5. The lowest BCUT2D eigenvalue weighted by Crippen LogP contribution is -2.48. The number of tetrazole rings is 1. The summed E-state index contributed by atoms with van der Waals surface area (Å²) >= 11 is 0. The van der Waals surface area contributed by atoms with E-state index in [1.165, 1.54) is 0 Å². The van der Waals surface area contributed by atoms with E-state index in [0.717, 1.165) is 0 Å². The van der Waals surface area contributed by atoms with Gasteiger partial charge in [0.25, 0.3) is 11.7 Å². The molecule has 0 aromatic carbocycles.